The molecule has 1 atom stereocenters. The van der Waals surface area contributed by atoms with Crippen molar-refractivity contribution in [2.45, 2.75) is 26.9 Å². The molecule has 1 unspecified atom stereocenters. The van der Waals surface area contributed by atoms with Crippen LogP contribution in [0.15, 0.2) is 47.5 Å². The number of aliphatic imine (C=N–C) groups is 1. The van der Waals surface area contributed by atoms with E-state index in [1.165, 1.54) is 36.4 Å². The Morgan fingerprint density at radius 1 is 1.25 bits per heavy atom. The van der Waals surface area contributed by atoms with Crippen LogP contribution in [-0.2, 0) is 4.74 Å². The van der Waals surface area contributed by atoms with Gasteiger partial charge in [0.1, 0.15) is 11.7 Å². The number of rotatable bonds is 6. The van der Waals surface area contributed by atoms with Gasteiger partial charge in [-0.25, -0.2) is 14.4 Å². The summed E-state index contributed by atoms with van der Waals surface area (Å²) in [7, 11) is 0. The van der Waals surface area contributed by atoms with Gasteiger partial charge < -0.3 is 20.8 Å². The highest BCUT2D eigenvalue weighted by Gasteiger charge is 2.19. The third-order valence-corrected chi connectivity index (χ3v) is 4.52. The van der Waals surface area contributed by atoms with Crippen LogP contribution in [0.2, 0.25) is 0 Å². The maximum absolute atomic E-state index is 14.2. The Hall–Kier alpha value is -3.46. The first-order valence-electron chi connectivity index (χ1n) is 10.3. The Morgan fingerprint density at radius 3 is 2.50 bits per heavy atom. The van der Waals surface area contributed by atoms with Gasteiger partial charge in [-0.15, -0.1) is 0 Å². The number of anilines is 1. The second kappa shape index (κ2) is 11.8. The summed E-state index contributed by atoms with van der Waals surface area (Å²) in [4.78, 5) is 21.1. The van der Waals surface area contributed by atoms with E-state index in [0.29, 0.717) is 36.7 Å². The number of halogens is 2. The van der Waals surface area contributed by atoms with Crippen LogP contribution in [0.3, 0.4) is 0 Å². The Labute approximate surface area is 186 Å². The maximum Gasteiger partial charge on any atom is 0.332 e. The minimum absolute atomic E-state index is 0.0415. The quantitative estimate of drug-likeness (QED) is 0.393. The fraction of sp³-hybridized carbons (Fsp3) is 0.304. The lowest BCUT2D eigenvalue weighted by molar-refractivity contribution is 0.0529. The normalized spacial score (nSPS) is 16.8. The molecule has 0 bridgehead atoms. The first kappa shape index (κ1) is 24.8. The van der Waals surface area contributed by atoms with Crippen molar-refractivity contribution in [3.05, 3.63) is 59.4 Å². The molecule has 2 heterocycles. The average molecular weight is 443 g/mol. The number of carbonyl (C=O) groups excluding carboxylic acids is 1. The van der Waals surface area contributed by atoms with Gasteiger partial charge in [0.25, 0.3) is 0 Å². The number of amidine groups is 1. The first-order chi connectivity index (χ1) is 15.4. The molecule has 9 heteroatoms. The minimum Gasteiger partial charge on any atom is -0.384 e. The second-order valence-corrected chi connectivity index (χ2v) is 6.73. The van der Waals surface area contributed by atoms with Crippen LogP contribution in [0.5, 0.6) is 0 Å². The van der Waals surface area contributed by atoms with Crippen LogP contribution in [-0.4, -0.2) is 48.9 Å². The molecule has 1 aromatic heterocycles. The van der Waals surface area contributed by atoms with Gasteiger partial charge in [0, 0.05) is 24.9 Å². The van der Waals surface area contributed by atoms with Crippen molar-refractivity contribution in [1.82, 2.24) is 4.98 Å². The van der Waals surface area contributed by atoms with E-state index >= 15 is 0 Å². The van der Waals surface area contributed by atoms with Crippen molar-refractivity contribution in [2.24, 2.45) is 10.7 Å². The number of nitrogens with zero attached hydrogens (tertiary/aromatic N) is 3. The number of aromatic nitrogens is 1. The largest absolute Gasteiger partial charge is 0.384 e. The van der Waals surface area contributed by atoms with E-state index in [0.717, 1.165) is 6.21 Å². The van der Waals surface area contributed by atoms with Crippen LogP contribution in [0, 0.1) is 11.2 Å². The molecule has 0 aliphatic carbocycles. The smallest absolute Gasteiger partial charge is 0.332 e. The van der Waals surface area contributed by atoms with Crippen LogP contribution >= 0.6 is 0 Å². The van der Waals surface area contributed by atoms with Gasteiger partial charge in [-0.1, -0.05) is 26.0 Å². The number of benzene rings is 1. The first-order valence-corrected chi connectivity index (χ1v) is 10.3. The summed E-state index contributed by atoms with van der Waals surface area (Å²) < 4.78 is 32.5. The fourth-order valence-corrected chi connectivity index (χ4v) is 3.02. The van der Waals surface area contributed by atoms with Crippen molar-refractivity contribution in [2.75, 3.05) is 24.6 Å². The molecule has 0 spiro atoms. The number of hydrogen-bond acceptors (Lipinski definition) is 6. The number of ether oxygens (including phenoxy) is 1. The number of allylic oxidation sites excluding steroid dienone is 1. The van der Waals surface area contributed by atoms with Crippen molar-refractivity contribution < 1.29 is 18.3 Å². The highest BCUT2D eigenvalue weighted by atomic mass is 19.1. The molecule has 170 valence electrons. The summed E-state index contributed by atoms with van der Waals surface area (Å²) in [6, 6.07) is 6.88. The van der Waals surface area contributed by atoms with Gasteiger partial charge in [-0.2, -0.15) is 4.39 Å². The fourth-order valence-electron chi connectivity index (χ4n) is 3.02. The molecule has 1 fully saturated rings. The lowest BCUT2D eigenvalue weighted by Gasteiger charge is -2.32. The average Bonchev–Trinajstić information content (AvgIpc) is 2.80. The molecule has 1 saturated heterocycles. The van der Waals surface area contributed by atoms with Gasteiger partial charge in [0.2, 0.25) is 0 Å². The molecule has 3 rings (SSSR count). The van der Waals surface area contributed by atoms with E-state index in [-0.39, 0.29) is 23.3 Å². The number of hydrogen-bond donors (Lipinski definition) is 2. The van der Waals surface area contributed by atoms with E-state index in [1.54, 1.807) is 6.07 Å². The van der Waals surface area contributed by atoms with E-state index in [1.807, 2.05) is 25.7 Å². The molecule has 7 nitrogen and oxygen atoms in total. The van der Waals surface area contributed by atoms with Gasteiger partial charge >= 0.3 is 6.04 Å². The molecule has 32 heavy (non-hydrogen) atoms. The molecule has 1 aliphatic heterocycles. The van der Waals surface area contributed by atoms with Crippen molar-refractivity contribution in [3.63, 3.8) is 0 Å². The topological polar surface area (TPSA) is 105 Å². The lowest BCUT2D eigenvalue weighted by Crippen LogP contribution is -2.41. The van der Waals surface area contributed by atoms with Gasteiger partial charge in [0.05, 0.1) is 18.3 Å². The number of morpholine rings is 1. The van der Waals surface area contributed by atoms with Gasteiger partial charge in [0.15, 0.2) is 11.6 Å². The Morgan fingerprint density at radius 2 is 1.91 bits per heavy atom. The summed E-state index contributed by atoms with van der Waals surface area (Å²) in [5.41, 5.74) is 6.72. The molecular weight excluding hydrogens is 416 g/mol. The molecule has 2 aromatic rings. The second-order valence-electron chi connectivity index (χ2n) is 6.73. The molecule has 1 aliphatic rings. The molecule has 0 radical (unpaired) electrons. The highest BCUT2D eigenvalue weighted by molar-refractivity contribution is 6.16. The number of carbonyl (C=O) groups is 1. The van der Waals surface area contributed by atoms with E-state index < -0.39 is 11.9 Å². The Bertz CT molecular complexity index is 1010. The number of nitrogens with one attached hydrogen (secondary N) is 1. The summed E-state index contributed by atoms with van der Waals surface area (Å²) in [6.07, 6.45) is 2.45. The van der Waals surface area contributed by atoms with Crippen LogP contribution < -0.4 is 10.6 Å². The van der Waals surface area contributed by atoms with Crippen molar-refractivity contribution in [3.8, 4) is 0 Å². The van der Waals surface area contributed by atoms with Gasteiger partial charge in [-0.3, -0.25) is 4.79 Å². The Kier molecular flexibility index (Phi) is 9.15. The zero-order valence-corrected chi connectivity index (χ0v) is 18.3. The monoisotopic (exact) mass is 443 g/mol. The van der Waals surface area contributed by atoms with Crippen molar-refractivity contribution >= 4 is 35.3 Å². The van der Waals surface area contributed by atoms with Crippen LogP contribution in [0.4, 0.5) is 20.4 Å². The Balaban J connectivity index is 0.00000176. The summed E-state index contributed by atoms with van der Waals surface area (Å²) in [5.74, 6) is -0.277. The zero-order valence-electron chi connectivity index (χ0n) is 18.3. The molecule has 0 saturated carbocycles. The maximum atomic E-state index is 14.2. The number of pyridine rings is 1. The van der Waals surface area contributed by atoms with E-state index in [2.05, 4.69) is 9.98 Å². The molecule has 1 aromatic carbocycles. The highest BCUT2D eigenvalue weighted by Crippen LogP contribution is 2.22. The molecule has 3 N–H and O–H groups in total. The van der Waals surface area contributed by atoms with Crippen LogP contribution in [0.25, 0.3) is 5.57 Å². The van der Waals surface area contributed by atoms with Crippen molar-refractivity contribution in [1.29, 1.82) is 5.41 Å². The third-order valence-electron chi connectivity index (χ3n) is 4.52. The number of nitrogens with two attached hydrogens (primary N) is 1. The predicted octanol–water partition coefficient (Wildman–Crippen LogP) is 4.30. The lowest BCUT2D eigenvalue weighted by atomic mass is 10.0. The minimum atomic E-state index is -1.54. The zero-order chi connectivity index (χ0) is 23.7. The predicted molar refractivity (Wildman–Crippen MR) is 123 cm³/mol. The van der Waals surface area contributed by atoms with Gasteiger partial charge in [-0.05, 0) is 42.8 Å². The van der Waals surface area contributed by atoms with E-state index in [4.69, 9.17) is 15.9 Å². The SMILES string of the molecule is CC.CC1CN(c2ccc(F)c(/N=C(N)/C=C(\C=N)c3ccc(C(=O)F)cc3)n2)CCO1. The van der Waals surface area contributed by atoms with Crippen LogP contribution in [0.1, 0.15) is 36.7 Å². The third kappa shape index (κ3) is 6.52. The standard InChI is InChI=1S/C21H21F2N5O2.C2H6/c1-13-12-28(8-9-30-13)19-7-6-17(22)21(27-19)26-18(25)10-16(11-24)14-2-4-15(5-3-14)20(23)29;1-2/h2-7,10-11,13,24H,8-9,12H2,1H3,(H2,25,26,27);1-2H3/b16-10+,24-11?;. The summed E-state index contributed by atoms with van der Waals surface area (Å²) in [6.45, 7) is 7.77. The molecular formula is C23H27F2N5O2. The summed E-state index contributed by atoms with van der Waals surface area (Å²) in [5, 5.41) is 7.58. The molecule has 0 amide bonds. The summed E-state index contributed by atoms with van der Waals surface area (Å²) >= 11 is 0. The van der Waals surface area contributed by atoms with E-state index in [9.17, 15) is 13.6 Å².